The first kappa shape index (κ1) is 34.0. The molecule has 2 N–H and O–H groups in total. The minimum Gasteiger partial charge on any atom is -0.481 e. The molecule has 248 valence electrons. The van der Waals surface area contributed by atoms with E-state index < -0.39 is 63.8 Å². The van der Waals surface area contributed by atoms with Crippen molar-refractivity contribution in [2.75, 3.05) is 13.1 Å². The number of hydrogen-bond acceptors (Lipinski definition) is 5. The third-order valence-corrected chi connectivity index (χ3v) is 9.92. The average Bonchev–Trinajstić information content (AvgIpc) is 3.35. The van der Waals surface area contributed by atoms with Crippen LogP contribution < -0.4 is 5.32 Å². The first-order chi connectivity index (χ1) is 22.1. The van der Waals surface area contributed by atoms with E-state index in [-0.39, 0.29) is 60.1 Å². The van der Waals surface area contributed by atoms with Crippen molar-refractivity contribution in [2.45, 2.75) is 49.8 Å². The normalized spacial score (nSPS) is 15.5. The molecule has 5 rings (SSSR count). The maximum atomic E-state index is 14.6. The lowest BCUT2D eigenvalue weighted by Gasteiger charge is -2.34. The predicted molar refractivity (Wildman–Crippen MR) is 159 cm³/mol. The number of nitrogens with zero attached hydrogens (tertiary/aromatic N) is 3. The van der Waals surface area contributed by atoms with Gasteiger partial charge in [-0.1, -0.05) is 30.3 Å². The van der Waals surface area contributed by atoms with E-state index >= 15 is 0 Å². The number of fused-ring (bicyclic) bond motifs is 1. The summed E-state index contributed by atoms with van der Waals surface area (Å²) in [4.78, 5) is 10.9. The summed E-state index contributed by atoms with van der Waals surface area (Å²) in [5, 5.41) is 21.0. The second-order valence-corrected chi connectivity index (χ2v) is 13.3. The molecule has 8 nitrogen and oxygen atoms in total. The van der Waals surface area contributed by atoms with E-state index in [1.807, 2.05) is 6.07 Å². The number of carboxylic acids is 1. The number of aliphatic carboxylic acids is 1. The third kappa shape index (κ3) is 7.78. The van der Waals surface area contributed by atoms with E-state index in [0.717, 1.165) is 12.3 Å². The number of sulfonamides is 1. The Hall–Kier alpha value is -4.39. The van der Waals surface area contributed by atoms with Crippen molar-refractivity contribution in [2.24, 2.45) is 0 Å². The van der Waals surface area contributed by atoms with Gasteiger partial charge >= 0.3 is 12.1 Å². The fourth-order valence-corrected chi connectivity index (χ4v) is 7.35. The second kappa shape index (κ2) is 13.4. The van der Waals surface area contributed by atoms with Crippen LogP contribution in [-0.4, -0.2) is 53.7 Å². The Balaban J connectivity index is 1.35. The lowest BCUT2D eigenvalue weighted by Crippen LogP contribution is -2.48. The fourth-order valence-electron chi connectivity index (χ4n) is 5.79. The monoisotopic (exact) mass is 678 g/mol. The molecule has 15 heteroatoms. The smallest absolute Gasteiger partial charge is 0.407 e. The van der Waals surface area contributed by atoms with Crippen LogP contribution in [0.25, 0.3) is 10.9 Å². The molecule has 1 aromatic heterocycles. The second-order valence-electron chi connectivity index (χ2n) is 11.4. The molecule has 1 unspecified atom stereocenters. The highest BCUT2D eigenvalue weighted by atomic mass is 32.2. The van der Waals surface area contributed by atoms with E-state index in [9.17, 15) is 44.8 Å². The average molecular weight is 679 g/mol. The molecule has 1 aliphatic heterocycles. The van der Waals surface area contributed by atoms with E-state index in [1.54, 1.807) is 0 Å². The van der Waals surface area contributed by atoms with Crippen LogP contribution in [0.1, 0.15) is 46.7 Å². The molecule has 0 spiro atoms. The molecule has 47 heavy (non-hydrogen) atoms. The Labute approximate surface area is 265 Å². The Morgan fingerprint density at radius 3 is 2.30 bits per heavy atom. The highest BCUT2D eigenvalue weighted by Crippen LogP contribution is 2.39. The zero-order valence-electron chi connectivity index (χ0n) is 24.6. The van der Waals surface area contributed by atoms with Crippen molar-refractivity contribution in [3.8, 4) is 6.07 Å². The molecule has 1 atom stereocenters. The maximum Gasteiger partial charge on any atom is 0.407 e. The van der Waals surface area contributed by atoms with Crippen LogP contribution in [0.5, 0.6) is 0 Å². The summed E-state index contributed by atoms with van der Waals surface area (Å²) < 4.78 is 115. The van der Waals surface area contributed by atoms with E-state index in [0.29, 0.717) is 17.2 Å². The van der Waals surface area contributed by atoms with Crippen molar-refractivity contribution in [3.63, 3.8) is 0 Å². The number of hydrogen-bond donors (Lipinski definition) is 2. The molecule has 0 radical (unpaired) electrons. The number of aromatic nitrogens is 1. The number of piperidine rings is 1. The minimum atomic E-state index is -4.83. The van der Waals surface area contributed by atoms with E-state index in [1.165, 1.54) is 51.3 Å². The number of halogens is 6. The topological polar surface area (TPSA) is 115 Å². The van der Waals surface area contributed by atoms with Gasteiger partial charge in [-0.25, -0.2) is 25.9 Å². The number of carboxylic acid groups (broad SMARTS) is 1. The van der Waals surface area contributed by atoms with E-state index in [2.05, 4.69) is 5.32 Å². The number of alkyl halides is 3. The van der Waals surface area contributed by atoms with Gasteiger partial charge in [0.2, 0.25) is 10.0 Å². The predicted octanol–water partition coefficient (Wildman–Crippen LogP) is 5.79. The minimum absolute atomic E-state index is 0.0423. The lowest BCUT2D eigenvalue weighted by atomic mass is 10.00. The van der Waals surface area contributed by atoms with Crippen LogP contribution in [0.3, 0.4) is 0 Å². The molecular formula is C32H28F6N4O4S. The molecule has 3 aromatic carbocycles. The largest absolute Gasteiger partial charge is 0.481 e. The van der Waals surface area contributed by atoms with Gasteiger partial charge in [0.25, 0.3) is 0 Å². The molecule has 1 fully saturated rings. The number of nitrogens with one attached hydrogen (secondary N) is 1. The zero-order valence-corrected chi connectivity index (χ0v) is 25.4. The molecule has 0 aliphatic carbocycles. The Kier molecular flexibility index (Phi) is 9.67. The van der Waals surface area contributed by atoms with Gasteiger partial charge in [-0.15, -0.1) is 0 Å². The van der Waals surface area contributed by atoms with Crippen molar-refractivity contribution in [1.29, 1.82) is 5.26 Å². The van der Waals surface area contributed by atoms with Gasteiger partial charge in [0.15, 0.2) is 11.6 Å². The summed E-state index contributed by atoms with van der Waals surface area (Å²) >= 11 is 0. The lowest BCUT2D eigenvalue weighted by molar-refractivity contribution is -0.160. The van der Waals surface area contributed by atoms with Crippen LogP contribution in [0.15, 0.2) is 60.8 Å². The number of rotatable bonds is 10. The van der Waals surface area contributed by atoms with Crippen molar-refractivity contribution >= 4 is 26.9 Å². The SMILES string of the molecule is N#Cc1ccc2c(C(NC3CCN(S(=O)(=O)Cc4ccc(CC(=O)O)cc4)CC3)C(F)(F)F)cn(Cc3cc(F)cc(F)c3F)c2c1. The maximum absolute atomic E-state index is 14.6. The number of benzene rings is 3. The van der Waals surface area contributed by atoms with Crippen LogP contribution in [0, 0.1) is 28.8 Å². The number of nitriles is 1. The van der Waals surface area contributed by atoms with Crippen LogP contribution in [0.2, 0.25) is 0 Å². The van der Waals surface area contributed by atoms with Gasteiger partial charge in [0, 0.05) is 53.4 Å². The summed E-state index contributed by atoms with van der Waals surface area (Å²) in [6, 6.07) is 10.1. The quantitative estimate of drug-likeness (QED) is 0.162. The highest BCUT2D eigenvalue weighted by molar-refractivity contribution is 7.88. The third-order valence-electron chi connectivity index (χ3n) is 8.07. The first-order valence-corrected chi connectivity index (χ1v) is 16.0. The first-order valence-electron chi connectivity index (χ1n) is 14.4. The highest BCUT2D eigenvalue weighted by Gasteiger charge is 2.44. The van der Waals surface area contributed by atoms with E-state index in [4.69, 9.17) is 5.11 Å². The van der Waals surface area contributed by atoms with Gasteiger partial charge < -0.3 is 9.67 Å². The molecule has 0 saturated carbocycles. The van der Waals surface area contributed by atoms with Gasteiger partial charge in [0.1, 0.15) is 11.9 Å². The molecular weight excluding hydrogens is 650 g/mol. The Bertz CT molecular complexity index is 1950. The van der Waals surface area contributed by atoms with Crippen molar-refractivity contribution in [3.05, 3.63) is 106 Å². The van der Waals surface area contributed by atoms with Gasteiger partial charge in [-0.05, 0) is 42.2 Å². The molecule has 0 bridgehead atoms. The van der Waals surface area contributed by atoms with Crippen molar-refractivity contribution in [1.82, 2.24) is 14.2 Å². The van der Waals surface area contributed by atoms with Crippen molar-refractivity contribution < 1.29 is 44.7 Å². The summed E-state index contributed by atoms with van der Waals surface area (Å²) in [6.45, 7) is -0.603. The molecule has 0 amide bonds. The molecule has 1 aliphatic rings. The standard InChI is InChI=1S/C32H28F6N4O4S/c33-23-13-22(30(35)27(34)14-23)16-41-17-26(25-6-5-21(15-39)11-28(25)41)31(32(36,37)38)40-24-7-9-42(10-8-24)47(45,46)18-20-3-1-19(2-4-20)12-29(43)44/h1-6,11,13-14,17,24,31,40H,7-10,12,16,18H2,(H,43,44). The zero-order chi connectivity index (χ0) is 34.1. The summed E-state index contributed by atoms with van der Waals surface area (Å²) in [6.07, 6.45) is -3.80. The Morgan fingerprint density at radius 1 is 1.02 bits per heavy atom. The van der Waals surface area contributed by atoms with Crippen LogP contribution in [0.4, 0.5) is 26.3 Å². The van der Waals surface area contributed by atoms with Gasteiger partial charge in [-0.3, -0.25) is 10.1 Å². The summed E-state index contributed by atoms with van der Waals surface area (Å²) in [5.41, 5.74) is 0.485. The number of carbonyl (C=O) groups is 1. The fraction of sp³-hybridized carbons (Fsp3) is 0.312. The summed E-state index contributed by atoms with van der Waals surface area (Å²) in [5.74, 6) is -5.25. The van der Waals surface area contributed by atoms with Crippen LogP contribution in [-0.2, 0) is 33.5 Å². The molecule has 1 saturated heterocycles. The Morgan fingerprint density at radius 2 is 1.68 bits per heavy atom. The van der Waals surface area contributed by atoms with Gasteiger partial charge in [-0.2, -0.15) is 18.4 Å². The molecule has 2 heterocycles. The molecule has 4 aromatic rings. The van der Waals surface area contributed by atoms with Gasteiger partial charge in [0.05, 0.1) is 30.4 Å². The van der Waals surface area contributed by atoms with Crippen LogP contribution >= 0.6 is 0 Å². The summed E-state index contributed by atoms with van der Waals surface area (Å²) in [7, 11) is -3.82.